The number of rotatable bonds is 9. The van der Waals surface area contributed by atoms with Crippen LogP contribution >= 0.6 is 0 Å². The molecule has 1 amide bonds. The Bertz CT molecular complexity index is 683. The minimum Gasteiger partial charge on any atom is -0.465 e. The van der Waals surface area contributed by atoms with Crippen LogP contribution in [0.25, 0.3) is 0 Å². The summed E-state index contributed by atoms with van der Waals surface area (Å²) in [5.74, 6) is -0.00530. The number of carboxylic acid groups (broad SMARTS) is 1. The van der Waals surface area contributed by atoms with Crippen molar-refractivity contribution < 1.29 is 29.3 Å². The zero-order valence-electron chi connectivity index (χ0n) is 17.2. The number of aliphatic hydroxyl groups excluding tert-OH is 1. The fourth-order valence-electron chi connectivity index (χ4n) is 4.93. The lowest BCUT2D eigenvalue weighted by Crippen LogP contribution is -2.57. The Kier molecular flexibility index (Phi) is 7.22. The lowest BCUT2D eigenvalue weighted by Gasteiger charge is -2.38. The van der Waals surface area contributed by atoms with E-state index in [-0.39, 0.29) is 37.5 Å². The molecule has 1 aromatic carbocycles. The van der Waals surface area contributed by atoms with Gasteiger partial charge in [-0.15, -0.1) is 0 Å². The number of hydroxylamine groups is 1. The molecule has 0 spiro atoms. The van der Waals surface area contributed by atoms with Crippen molar-refractivity contribution in [2.24, 2.45) is 5.92 Å². The minimum atomic E-state index is -1.05. The zero-order valence-corrected chi connectivity index (χ0v) is 17.2. The van der Waals surface area contributed by atoms with Crippen molar-refractivity contribution in [1.82, 2.24) is 10.4 Å². The maximum atomic E-state index is 12.4. The van der Waals surface area contributed by atoms with Gasteiger partial charge in [-0.3, -0.25) is 9.74 Å². The first-order chi connectivity index (χ1) is 14.6. The normalized spacial score (nSPS) is 28.4. The SMILES string of the molecule is O=C(O)N([C@H]1CO[C@H]2OCC[C@H]21)[C@@H](Cc1ccccc1)[C@H](O)CNOC1CCCC1. The molecule has 0 unspecified atom stereocenters. The van der Waals surface area contributed by atoms with Crippen LogP contribution in [0.1, 0.15) is 37.7 Å². The monoisotopic (exact) mass is 420 g/mol. The van der Waals surface area contributed by atoms with Crippen molar-refractivity contribution in [2.45, 2.75) is 69.1 Å². The third kappa shape index (κ3) is 4.95. The molecule has 3 aliphatic rings. The van der Waals surface area contributed by atoms with E-state index in [1.165, 1.54) is 4.90 Å². The molecule has 166 valence electrons. The lowest BCUT2D eigenvalue weighted by atomic mass is 9.93. The van der Waals surface area contributed by atoms with Crippen LogP contribution in [0.3, 0.4) is 0 Å². The summed E-state index contributed by atoms with van der Waals surface area (Å²) < 4.78 is 11.3. The first-order valence-electron chi connectivity index (χ1n) is 11.0. The first kappa shape index (κ1) is 21.5. The maximum Gasteiger partial charge on any atom is 0.407 e. The van der Waals surface area contributed by atoms with Crippen molar-refractivity contribution in [1.29, 1.82) is 0 Å². The Morgan fingerprint density at radius 2 is 1.97 bits per heavy atom. The molecular formula is C22H32N2O6. The highest BCUT2D eigenvalue weighted by Crippen LogP contribution is 2.36. The highest BCUT2D eigenvalue weighted by Gasteiger charge is 2.48. The Balaban J connectivity index is 1.49. The number of fused-ring (bicyclic) bond motifs is 1. The Labute approximate surface area is 177 Å². The average Bonchev–Trinajstić information content (AvgIpc) is 3.47. The summed E-state index contributed by atoms with van der Waals surface area (Å²) in [5.41, 5.74) is 3.87. The van der Waals surface area contributed by atoms with Crippen molar-refractivity contribution in [3.05, 3.63) is 35.9 Å². The van der Waals surface area contributed by atoms with E-state index >= 15 is 0 Å². The second-order valence-electron chi connectivity index (χ2n) is 8.48. The number of benzene rings is 1. The van der Waals surface area contributed by atoms with Gasteiger partial charge in [0.25, 0.3) is 0 Å². The summed E-state index contributed by atoms with van der Waals surface area (Å²) in [6.45, 7) is 1.02. The van der Waals surface area contributed by atoms with Gasteiger partial charge < -0.3 is 19.7 Å². The Morgan fingerprint density at radius 3 is 2.70 bits per heavy atom. The summed E-state index contributed by atoms with van der Waals surface area (Å²) in [6, 6.07) is 8.71. The Hall–Kier alpha value is -1.71. The van der Waals surface area contributed by atoms with E-state index in [0.29, 0.717) is 13.0 Å². The molecule has 5 atom stereocenters. The van der Waals surface area contributed by atoms with Crippen molar-refractivity contribution in [3.63, 3.8) is 0 Å². The number of aliphatic hydroxyl groups is 1. The number of nitrogens with one attached hydrogen (secondary N) is 1. The number of carbonyl (C=O) groups is 1. The van der Waals surface area contributed by atoms with E-state index in [0.717, 1.165) is 37.7 Å². The van der Waals surface area contributed by atoms with E-state index in [1.54, 1.807) is 0 Å². The molecule has 8 nitrogen and oxygen atoms in total. The predicted octanol–water partition coefficient (Wildman–Crippen LogP) is 2.16. The molecule has 1 saturated carbocycles. The van der Waals surface area contributed by atoms with Gasteiger partial charge in [0.15, 0.2) is 6.29 Å². The van der Waals surface area contributed by atoms with Crippen LogP contribution < -0.4 is 5.48 Å². The van der Waals surface area contributed by atoms with Crippen molar-refractivity contribution >= 4 is 6.09 Å². The molecule has 1 aliphatic carbocycles. The molecule has 8 heteroatoms. The second kappa shape index (κ2) is 10.1. The summed E-state index contributed by atoms with van der Waals surface area (Å²) in [5, 5.41) is 21.2. The van der Waals surface area contributed by atoms with Crippen LogP contribution in [-0.2, 0) is 20.7 Å². The van der Waals surface area contributed by atoms with Gasteiger partial charge in [-0.25, -0.2) is 4.79 Å². The van der Waals surface area contributed by atoms with Crippen molar-refractivity contribution in [2.75, 3.05) is 19.8 Å². The summed E-state index contributed by atoms with van der Waals surface area (Å²) in [6.07, 6.45) is 3.35. The third-order valence-corrected chi connectivity index (χ3v) is 6.52. The van der Waals surface area contributed by atoms with Gasteiger partial charge in [0, 0.05) is 12.5 Å². The molecule has 0 bridgehead atoms. The van der Waals surface area contributed by atoms with Gasteiger partial charge in [0.1, 0.15) is 0 Å². The van der Waals surface area contributed by atoms with Gasteiger partial charge in [-0.05, 0) is 31.2 Å². The summed E-state index contributed by atoms with van der Waals surface area (Å²) in [7, 11) is 0. The van der Waals surface area contributed by atoms with Gasteiger partial charge in [0.2, 0.25) is 0 Å². The smallest absolute Gasteiger partial charge is 0.407 e. The highest BCUT2D eigenvalue weighted by molar-refractivity contribution is 5.66. The van der Waals surface area contributed by atoms with Gasteiger partial charge in [-0.1, -0.05) is 43.2 Å². The van der Waals surface area contributed by atoms with Crippen LogP contribution in [-0.4, -0.2) is 71.5 Å². The largest absolute Gasteiger partial charge is 0.465 e. The lowest BCUT2D eigenvalue weighted by molar-refractivity contribution is -0.0907. The molecule has 2 heterocycles. The average molecular weight is 421 g/mol. The van der Waals surface area contributed by atoms with Crippen LogP contribution in [0, 0.1) is 5.92 Å². The summed E-state index contributed by atoms with van der Waals surface area (Å²) in [4.78, 5) is 19.4. The number of hydrogen-bond donors (Lipinski definition) is 3. The van der Waals surface area contributed by atoms with Gasteiger partial charge in [-0.2, -0.15) is 5.48 Å². The van der Waals surface area contributed by atoms with E-state index in [9.17, 15) is 15.0 Å². The molecule has 1 aromatic rings. The molecule has 3 N–H and O–H groups in total. The van der Waals surface area contributed by atoms with Crippen molar-refractivity contribution in [3.8, 4) is 0 Å². The fourth-order valence-corrected chi connectivity index (χ4v) is 4.93. The van der Waals surface area contributed by atoms with Crippen LogP contribution in [0.15, 0.2) is 30.3 Å². The fraction of sp³-hybridized carbons (Fsp3) is 0.682. The first-order valence-corrected chi connectivity index (χ1v) is 11.0. The van der Waals surface area contributed by atoms with E-state index in [1.807, 2.05) is 30.3 Å². The molecule has 2 aliphatic heterocycles. The molecule has 4 rings (SSSR count). The molecular weight excluding hydrogens is 388 g/mol. The molecule has 3 fully saturated rings. The zero-order chi connectivity index (χ0) is 20.9. The van der Waals surface area contributed by atoms with E-state index in [2.05, 4.69) is 5.48 Å². The number of nitrogens with zero attached hydrogens (tertiary/aromatic N) is 1. The minimum absolute atomic E-state index is 0.00530. The quantitative estimate of drug-likeness (QED) is 0.527. The van der Waals surface area contributed by atoms with Gasteiger partial charge in [0.05, 0.1) is 37.5 Å². The predicted molar refractivity (Wildman–Crippen MR) is 109 cm³/mol. The standard InChI is InChI=1S/C22H32N2O6/c25-20(13-23-30-16-8-4-5-9-16)18(12-15-6-2-1-3-7-15)24(22(26)27)19-14-29-21-17(19)10-11-28-21/h1-3,6-7,16-21,23,25H,4-5,8-14H2,(H,26,27)/t17-,18-,19-,20+,21+/m0/s1. The molecule has 30 heavy (non-hydrogen) atoms. The second-order valence-corrected chi connectivity index (χ2v) is 8.48. The summed E-state index contributed by atoms with van der Waals surface area (Å²) >= 11 is 0. The van der Waals surface area contributed by atoms with Crippen LogP contribution in [0.2, 0.25) is 0 Å². The topological polar surface area (TPSA) is 100 Å². The Morgan fingerprint density at radius 1 is 1.20 bits per heavy atom. The molecule has 0 aromatic heterocycles. The third-order valence-electron chi connectivity index (χ3n) is 6.52. The number of amides is 1. The van der Waals surface area contributed by atoms with E-state index < -0.39 is 18.2 Å². The van der Waals surface area contributed by atoms with E-state index in [4.69, 9.17) is 14.3 Å². The van der Waals surface area contributed by atoms with Gasteiger partial charge >= 0.3 is 6.09 Å². The molecule has 0 radical (unpaired) electrons. The van der Waals surface area contributed by atoms with Crippen LogP contribution in [0.4, 0.5) is 4.79 Å². The van der Waals surface area contributed by atoms with Crippen LogP contribution in [0.5, 0.6) is 0 Å². The highest BCUT2D eigenvalue weighted by atomic mass is 16.7. The number of hydrogen-bond acceptors (Lipinski definition) is 6. The number of ether oxygens (including phenoxy) is 2. The maximum absolute atomic E-state index is 12.4. The molecule has 2 saturated heterocycles.